The van der Waals surface area contributed by atoms with E-state index in [1.54, 1.807) is 0 Å². The van der Waals surface area contributed by atoms with Gasteiger partial charge in [0.1, 0.15) is 0 Å². The lowest BCUT2D eigenvalue weighted by Crippen LogP contribution is -2.46. The molecule has 25 heavy (non-hydrogen) atoms. The van der Waals surface area contributed by atoms with E-state index >= 15 is 0 Å². The van der Waals surface area contributed by atoms with Crippen LogP contribution in [-0.4, -0.2) is 22.7 Å². The first-order chi connectivity index (χ1) is 12.1. The van der Waals surface area contributed by atoms with Crippen LogP contribution in [0.25, 0.3) is 0 Å². The van der Waals surface area contributed by atoms with Crippen LogP contribution in [0.2, 0.25) is 0 Å². The van der Waals surface area contributed by atoms with Gasteiger partial charge in [0.2, 0.25) is 0 Å². The summed E-state index contributed by atoms with van der Waals surface area (Å²) in [6.45, 7) is 0. The number of carbonyl (C=O) groups is 3. The van der Waals surface area contributed by atoms with Gasteiger partial charge in [-0.1, -0.05) is 0 Å². The number of nitriles is 1. The van der Waals surface area contributed by atoms with Gasteiger partial charge >= 0.3 is 0 Å². The van der Waals surface area contributed by atoms with Crippen molar-refractivity contribution in [1.82, 2.24) is 10.4 Å². The Bertz CT molecular complexity index is 806. The summed E-state index contributed by atoms with van der Waals surface area (Å²) in [6.07, 6.45) is 3.23. The topological polar surface area (TPSA) is 90.3 Å². The zero-order chi connectivity index (χ0) is 17.3. The molecule has 4 saturated carbocycles. The summed E-state index contributed by atoms with van der Waals surface area (Å²) in [5.74, 6) is 0.405. The number of fused-ring (bicyclic) bond motifs is 1. The Morgan fingerprint density at radius 1 is 1.00 bits per heavy atom. The second-order valence-electron chi connectivity index (χ2n) is 7.66. The Labute approximate surface area is 144 Å². The minimum absolute atomic E-state index is 0.239. The Morgan fingerprint density at radius 2 is 1.56 bits per heavy atom. The number of hydrogen-bond donors (Lipinski definition) is 1. The van der Waals surface area contributed by atoms with Gasteiger partial charge in [-0.3, -0.25) is 19.8 Å². The van der Waals surface area contributed by atoms with Crippen molar-refractivity contribution in [2.24, 2.45) is 35.5 Å². The van der Waals surface area contributed by atoms with E-state index in [1.165, 1.54) is 30.7 Å². The highest BCUT2D eigenvalue weighted by molar-refractivity contribution is 6.08. The number of imide groups is 1. The van der Waals surface area contributed by atoms with Crippen LogP contribution >= 0.6 is 0 Å². The highest BCUT2D eigenvalue weighted by Gasteiger charge is 2.68. The monoisotopic (exact) mass is 335 g/mol. The Balaban J connectivity index is 1.38. The largest absolute Gasteiger partial charge is 0.272 e. The van der Waals surface area contributed by atoms with Gasteiger partial charge in [-0.25, -0.2) is 0 Å². The highest BCUT2D eigenvalue weighted by atomic mass is 16.2. The fourth-order valence-corrected chi connectivity index (χ4v) is 5.51. The molecule has 0 spiro atoms. The molecule has 0 aromatic heterocycles. The summed E-state index contributed by atoms with van der Waals surface area (Å²) in [6, 6.07) is 8.10. The number of benzene rings is 1. The lowest BCUT2D eigenvalue weighted by molar-refractivity contribution is -0.143. The van der Waals surface area contributed by atoms with Crippen LogP contribution in [0, 0.1) is 46.8 Å². The third-order valence-corrected chi connectivity index (χ3v) is 6.63. The molecule has 126 valence electrons. The van der Waals surface area contributed by atoms with Crippen LogP contribution in [-0.2, 0) is 9.59 Å². The second kappa shape index (κ2) is 4.92. The van der Waals surface area contributed by atoms with Crippen LogP contribution < -0.4 is 5.43 Å². The number of carbonyl (C=O) groups excluding carboxylic acids is 3. The molecule has 5 fully saturated rings. The summed E-state index contributed by atoms with van der Waals surface area (Å²) >= 11 is 0. The first-order valence-electron chi connectivity index (χ1n) is 8.79. The Hall–Kier alpha value is -2.68. The van der Waals surface area contributed by atoms with Crippen molar-refractivity contribution in [3.63, 3.8) is 0 Å². The van der Waals surface area contributed by atoms with Crippen molar-refractivity contribution in [2.75, 3.05) is 0 Å². The number of hydrazine groups is 1. The molecule has 0 radical (unpaired) electrons. The standard InChI is InChI=1S/C19H17N3O3/c20-8-9-1-3-10(4-2-9)17(23)21-22-18(24)15-11-5-6-12(14-7-13(11)14)16(15)19(22)25/h1-4,11-16H,5-7H2,(H,21,23). The minimum Gasteiger partial charge on any atom is -0.272 e. The predicted molar refractivity (Wildman–Crippen MR) is 85.3 cm³/mol. The Morgan fingerprint density at radius 3 is 2.08 bits per heavy atom. The molecule has 2 bridgehead atoms. The maximum absolute atomic E-state index is 12.8. The van der Waals surface area contributed by atoms with E-state index < -0.39 is 5.91 Å². The van der Waals surface area contributed by atoms with Crippen molar-refractivity contribution in [3.8, 4) is 6.07 Å². The van der Waals surface area contributed by atoms with Crippen molar-refractivity contribution in [3.05, 3.63) is 35.4 Å². The van der Waals surface area contributed by atoms with Crippen LogP contribution in [0.15, 0.2) is 24.3 Å². The van der Waals surface area contributed by atoms with E-state index in [2.05, 4.69) is 5.43 Å². The molecular weight excluding hydrogens is 318 g/mol. The molecule has 6 atom stereocenters. The molecular formula is C19H17N3O3. The van der Waals surface area contributed by atoms with Gasteiger partial charge in [0.25, 0.3) is 17.7 Å². The van der Waals surface area contributed by atoms with Crippen LogP contribution in [0.3, 0.4) is 0 Å². The number of rotatable bonds is 2. The second-order valence-corrected chi connectivity index (χ2v) is 7.66. The number of nitrogens with one attached hydrogen (secondary N) is 1. The van der Waals surface area contributed by atoms with Gasteiger partial charge in [-0.2, -0.15) is 10.3 Å². The molecule has 5 aliphatic rings. The maximum Gasteiger partial charge on any atom is 0.270 e. The average Bonchev–Trinajstić information content (AvgIpc) is 3.43. The molecule has 1 heterocycles. The number of nitrogens with zero attached hydrogens (tertiary/aromatic N) is 2. The Kier molecular flexibility index (Phi) is 2.88. The molecule has 1 aromatic carbocycles. The third-order valence-electron chi connectivity index (χ3n) is 6.63. The van der Waals surface area contributed by atoms with Crippen molar-refractivity contribution < 1.29 is 14.4 Å². The summed E-state index contributed by atoms with van der Waals surface area (Å²) in [7, 11) is 0. The van der Waals surface area contributed by atoms with Gasteiger partial charge in [-0.15, -0.1) is 0 Å². The van der Waals surface area contributed by atoms with E-state index in [9.17, 15) is 14.4 Å². The molecule has 1 saturated heterocycles. The van der Waals surface area contributed by atoms with Crippen molar-refractivity contribution in [2.45, 2.75) is 19.3 Å². The first-order valence-corrected chi connectivity index (χ1v) is 8.79. The molecule has 6 nitrogen and oxygen atoms in total. The number of amides is 3. The normalized spacial score (nSPS) is 37.3. The molecule has 3 amide bonds. The molecule has 6 rings (SSSR count). The summed E-state index contributed by atoms with van der Waals surface area (Å²) in [5.41, 5.74) is 3.27. The predicted octanol–water partition coefficient (Wildman–Crippen LogP) is 1.48. The molecule has 6 unspecified atom stereocenters. The molecule has 1 aromatic rings. The molecule has 6 heteroatoms. The van der Waals surface area contributed by atoms with Gasteiger partial charge < -0.3 is 0 Å². The molecule has 1 N–H and O–H groups in total. The zero-order valence-corrected chi connectivity index (χ0v) is 13.5. The summed E-state index contributed by atoms with van der Waals surface area (Å²) in [5, 5.41) is 9.78. The zero-order valence-electron chi connectivity index (χ0n) is 13.5. The van der Waals surface area contributed by atoms with Gasteiger partial charge in [-0.05, 0) is 67.2 Å². The maximum atomic E-state index is 12.8. The lowest BCUT2D eigenvalue weighted by Gasteiger charge is -2.42. The third kappa shape index (κ3) is 1.92. The molecule has 4 aliphatic carbocycles. The van der Waals surface area contributed by atoms with E-state index in [0.29, 0.717) is 34.8 Å². The van der Waals surface area contributed by atoms with Crippen LogP contribution in [0.1, 0.15) is 35.2 Å². The first kappa shape index (κ1) is 14.6. The SMILES string of the molecule is N#Cc1ccc(C(=O)NN2C(=O)C3C4CCC(C5CC54)C3C2=O)cc1. The smallest absolute Gasteiger partial charge is 0.270 e. The van der Waals surface area contributed by atoms with E-state index in [0.717, 1.165) is 17.9 Å². The van der Waals surface area contributed by atoms with Crippen LogP contribution in [0.5, 0.6) is 0 Å². The van der Waals surface area contributed by atoms with E-state index in [-0.39, 0.29) is 23.7 Å². The van der Waals surface area contributed by atoms with Gasteiger partial charge in [0.15, 0.2) is 0 Å². The van der Waals surface area contributed by atoms with Gasteiger partial charge in [0.05, 0.1) is 23.5 Å². The van der Waals surface area contributed by atoms with E-state index in [4.69, 9.17) is 5.26 Å². The van der Waals surface area contributed by atoms with Crippen molar-refractivity contribution in [1.29, 1.82) is 5.26 Å². The molecule has 1 aliphatic heterocycles. The lowest BCUT2D eigenvalue weighted by atomic mass is 9.59. The average molecular weight is 335 g/mol. The minimum atomic E-state index is -0.498. The van der Waals surface area contributed by atoms with E-state index in [1.807, 2.05) is 6.07 Å². The quantitative estimate of drug-likeness (QED) is 0.829. The van der Waals surface area contributed by atoms with Gasteiger partial charge in [0, 0.05) is 5.56 Å². The number of hydrogen-bond acceptors (Lipinski definition) is 4. The fourth-order valence-electron chi connectivity index (χ4n) is 5.51. The fraction of sp³-hybridized carbons (Fsp3) is 0.474. The summed E-state index contributed by atoms with van der Waals surface area (Å²) < 4.78 is 0. The van der Waals surface area contributed by atoms with Crippen LogP contribution in [0.4, 0.5) is 0 Å². The highest BCUT2D eigenvalue weighted by Crippen LogP contribution is 2.67. The summed E-state index contributed by atoms with van der Waals surface area (Å²) in [4.78, 5) is 38.0. The van der Waals surface area contributed by atoms with Crippen molar-refractivity contribution >= 4 is 17.7 Å².